The van der Waals surface area contributed by atoms with E-state index < -0.39 is 11.8 Å². The lowest BCUT2D eigenvalue weighted by Crippen LogP contribution is -2.39. The summed E-state index contributed by atoms with van der Waals surface area (Å²) in [5, 5.41) is 10.2. The van der Waals surface area contributed by atoms with Crippen molar-refractivity contribution >= 4 is 29.4 Å². The molecule has 1 atom stereocenters. The largest absolute Gasteiger partial charge is 0.376 e. The summed E-state index contributed by atoms with van der Waals surface area (Å²) in [5.74, 6) is 0.838. The summed E-state index contributed by atoms with van der Waals surface area (Å²) in [6.07, 6.45) is 1.90. The van der Waals surface area contributed by atoms with Crippen LogP contribution in [0.3, 0.4) is 0 Å². The molecule has 2 aliphatic rings. The van der Waals surface area contributed by atoms with E-state index in [-0.39, 0.29) is 6.10 Å². The molecule has 1 aromatic heterocycles. The number of nitrogens with one attached hydrogen (secondary N) is 2. The smallest absolute Gasteiger partial charge is 0.314 e. The number of carbonyl (C=O) groups excluding carboxylic acids is 2. The number of rotatable bonds is 4. The first-order valence-electron chi connectivity index (χ1n) is 9.50. The second kappa shape index (κ2) is 7.97. The molecular formula is C20H24N4O3S. The SMILES string of the molecule is Cc1ccc(-n2nc3c(c2NC(=O)C(=O)NCC2CCCO2)CSC3)c(C)c1. The standard InChI is InChI=1S/C20H24N4O3S/c1-12-5-6-17(13(2)8-12)24-18(15-10-28-11-16(15)23-24)22-20(26)19(25)21-9-14-4-3-7-27-14/h5-6,8,14H,3-4,7,9-11H2,1-2H3,(H,21,25)(H,22,26). The minimum atomic E-state index is -0.677. The fourth-order valence-corrected chi connectivity index (χ4v) is 4.65. The van der Waals surface area contributed by atoms with E-state index >= 15 is 0 Å². The molecule has 1 aromatic carbocycles. The number of hydrogen-bond donors (Lipinski definition) is 2. The molecule has 0 saturated carbocycles. The van der Waals surface area contributed by atoms with Crippen molar-refractivity contribution in [3.63, 3.8) is 0 Å². The van der Waals surface area contributed by atoms with E-state index in [0.717, 1.165) is 52.4 Å². The molecule has 2 amide bonds. The number of fused-ring (bicyclic) bond motifs is 1. The molecule has 3 heterocycles. The quantitative estimate of drug-likeness (QED) is 0.770. The van der Waals surface area contributed by atoms with Crippen LogP contribution in [0, 0.1) is 13.8 Å². The number of thioether (sulfide) groups is 1. The number of benzene rings is 1. The highest BCUT2D eigenvalue weighted by Gasteiger charge is 2.27. The number of hydrogen-bond acceptors (Lipinski definition) is 5. The van der Waals surface area contributed by atoms with Crippen LogP contribution in [0.25, 0.3) is 5.69 Å². The number of aryl methyl sites for hydroxylation is 2. The van der Waals surface area contributed by atoms with Gasteiger partial charge in [-0.05, 0) is 38.3 Å². The average molecular weight is 401 g/mol. The van der Waals surface area contributed by atoms with Gasteiger partial charge in [0.25, 0.3) is 0 Å². The fourth-order valence-electron chi connectivity index (χ4n) is 3.62. The van der Waals surface area contributed by atoms with Crippen LogP contribution in [-0.4, -0.2) is 40.9 Å². The lowest BCUT2D eigenvalue weighted by Gasteiger charge is -2.14. The fraction of sp³-hybridized carbons (Fsp3) is 0.450. The van der Waals surface area contributed by atoms with E-state index in [1.165, 1.54) is 0 Å². The monoisotopic (exact) mass is 400 g/mol. The predicted octanol–water partition coefficient (Wildman–Crippen LogP) is 2.47. The molecule has 2 aliphatic heterocycles. The third-order valence-corrected chi connectivity index (χ3v) is 6.06. The molecule has 4 rings (SSSR count). The number of carbonyl (C=O) groups is 2. The molecule has 1 unspecified atom stereocenters. The molecule has 0 aliphatic carbocycles. The summed E-state index contributed by atoms with van der Waals surface area (Å²) in [4.78, 5) is 24.8. The van der Waals surface area contributed by atoms with Crippen LogP contribution in [-0.2, 0) is 25.8 Å². The van der Waals surface area contributed by atoms with Gasteiger partial charge in [-0.1, -0.05) is 17.7 Å². The third-order valence-electron chi connectivity index (χ3n) is 5.08. The normalized spacial score (nSPS) is 18.1. The Morgan fingerprint density at radius 2 is 2.14 bits per heavy atom. The number of aromatic nitrogens is 2. The molecule has 8 heteroatoms. The van der Waals surface area contributed by atoms with Gasteiger partial charge in [0.15, 0.2) is 0 Å². The van der Waals surface area contributed by atoms with Gasteiger partial charge < -0.3 is 15.4 Å². The third kappa shape index (κ3) is 3.79. The van der Waals surface area contributed by atoms with E-state index in [0.29, 0.717) is 19.0 Å². The average Bonchev–Trinajstić information content (AvgIpc) is 3.39. The minimum Gasteiger partial charge on any atom is -0.376 e. The molecule has 2 aromatic rings. The van der Waals surface area contributed by atoms with Crippen molar-refractivity contribution in [2.75, 3.05) is 18.5 Å². The second-order valence-corrected chi connectivity index (χ2v) is 8.25. The van der Waals surface area contributed by atoms with Gasteiger partial charge in [-0.2, -0.15) is 16.9 Å². The molecule has 148 valence electrons. The minimum absolute atomic E-state index is 0.00173. The van der Waals surface area contributed by atoms with Crippen LogP contribution in [0.1, 0.15) is 35.2 Å². The Balaban J connectivity index is 1.55. The molecular weight excluding hydrogens is 376 g/mol. The van der Waals surface area contributed by atoms with Gasteiger partial charge in [-0.3, -0.25) is 9.59 Å². The van der Waals surface area contributed by atoms with Crippen LogP contribution >= 0.6 is 11.8 Å². The Labute approximate surface area is 168 Å². The Bertz CT molecular complexity index is 918. The van der Waals surface area contributed by atoms with Crippen molar-refractivity contribution < 1.29 is 14.3 Å². The van der Waals surface area contributed by atoms with E-state index in [4.69, 9.17) is 9.84 Å². The van der Waals surface area contributed by atoms with Gasteiger partial charge in [-0.25, -0.2) is 4.68 Å². The number of ether oxygens (including phenoxy) is 1. The predicted molar refractivity (Wildman–Crippen MR) is 109 cm³/mol. The zero-order valence-corrected chi connectivity index (χ0v) is 16.9. The van der Waals surface area contributed by atoms with E-state index in [1.807, 2.05) is 26.0 Å². The summed E-state index contributed by atoms with van der Waals surface area (Å²) >= 11 is 1.75. The molecule has 1 saturated heterocycles. The summed E-state index contributed by atoms with van der Waals surface area (Å²) in [6.45, 7) is 5.13. The summed E-state index contributed by atoms with van der Waals surface area (Å²) in [5.41, 5.74) is 5.08. The Morgan fingerprint density at radius 3 is 2.89 bits per heavy atom. The Kier molecular flexibility index (Phi) is 5.41. The zero-order valence-electron chi connectivity index (χ0n) is 16.1. The maximum absolute atomic E-state index is 12.5. The van der Waals surface area contributed by atoms with Gasteiger partial charge in [0.2, 0.25) is 0 Å². The van der Waals surface area contributed by atoms with Gasteiger partial charge in [0, 0.05) is 30.2 Å². The Hall–Kier alpha value is -2.32. The van der Waals surface area contributed by atoms with Crippen molar-refractivity contribution in [3.8, 4) is 5.69 Å². The van der Waals surface area contributed by atoms with E-state index in [1.54, 1.807) is 16.4 Å². The molecule has 0 spiro atoms. The number of amides is 2. The van der Waals surface area contributed by atoms with Crippen LogP contribution in [0.15, 0.2) is 18.2 Å². The second-order valence-electron chi connectivity index (χ2n) is 7.27. The van der Waals surface area contributed by atoms with Crippen LogP contribution in [0.5, 0.6) is 0 Å². The topological polar surface area (TPSA) is 85.2 Å². The zero-order chi connectivity index (χ0) is 19.7. The molecule has 0 bridgehead atoms. The van der Waals surface area contributed by atoms with E-state index in [2.05, 4.69) is 16.7 Å². The maximum Gasteiger partial charge on any atom is 0.314 e. The van der Waals surface area contributed by atoms with Crippen LogP contribution in [0.4, 0.5) is 5.82 Å². The van der Waals surface area contributed by atoms with Crippen molar-refractivity contribution in [1.29, 1.82) is 0 Å². The Morgan fingerprint density at radius 1 is 1.29 bits per heavy atom. The molecule has 7 nitrogen and oxygen atoms in total. The maximum atomic E-state index is 12.5. The first kappa shape index (κ1) is 19.0. The molecule has 2 N–H and O–H groups in total. The first-order valence-corrected chi connectivity index (χ1v) is 10.7. The van der Waals surface area contributed by atoms with Crippen molar-refractivity contribution in [2.24, 2.45) is 0 Å². The van der Waals surface area contributed by atoms with Gasteiger partial charge in [-0.15, -0.1) is 0 Å². The van der Waals surface area contributed by atoms with E-state index in [9.17, 15) is 9.59 Å². The highest BCUT2D eigenvalue weighted by Crippen LogP contribution is 2.36. The van der Waals surface area contributed by atoms with Gasteiger partial charge in [0.05, 0.1) is 17.5 Å². The van der Waals surface area contributed by atoms with Crippen molar-refractivity contribution in [3.05, 3.63) is 40.6 Å². The number of nitrogens with zero attached hydrogens (tertiary/aromatic N) is 2. The highest BCUT2D eigenvalue weighted by atomic mass is 32.2. The van der Waals surface area contributed by atoms with Crippen LogP contribution in [0.2, 0.25) is 0 Å². The summed E-state index contributed by atoms with van der Waals surface area (Å²) < 4.78 is 7.24. The highest BCUT2D eigenvalue weighted by molar-refractivity contribution is 7.98. The van der Waals surface area contributed by atoms with Crippen molar-refractivity contribution in [1.82, 2.24) is 15.1 Å². The van der Waals surface area contributed by atoms with Crippen molar-refractivity contribution in [2.45, 2.75) is 44.3 Å². The molecule has 0 radical (unpaired) electrons. The molecule has 28 heavy (non-hydrogen) atoms. The number of anilines is 1. The first-order chi connectivity index (χ1) is 13.5. The van der Waals surface area contributed by atoms with Gasteiger partial charge in [0.1, 0.15) is 5.82 Å². The molecule has 1 fully saturated rings. The summed E-state index contributed by atoms with van der Waals surface area (Å²) in [6, 6.07) is 6.09. The lowest BCUT2D eigenvalue weighted by atomic mass is 10.1. The lowest BCUT2D eigenvalue weighted by molar-refractivity contribution is -0.136. The summed E-state index contributed by atoms with van der Waals surface area (Å²) in [7, 11) is 0. The van der Waals surface area contributed by atoms with Gasteiger partial charge >= 0.3 is 11.8 Å². The van der Waals surface area contributed by atoms with Crippen LogP contribution < -0.4 is 10.6 Å².